The quantitative estimate of drug-likeness (QED) is 0.761. The minimum Gasteiger partial charge on any atom is -0.481 e. The van der Waals surface area contributed by atoms with Gasteiger partial charge in [-0.05, 0) is 31.6 Å². The predicted molar refractivity (Wildman–Crippen MR) is 76.5 cm³/mol. The summed E-state index contributed by atoms with van der Waals surface area (Å²) in [7, 11) is 0. The first kappa shape index (κ1) is 15.8. The first-order chi connectivity index (χ1) is 9.97. The summed E-state index contributed by atoms with van der Waals surface area (Å²) >= 11 is 0. The molecule has 1 heterocycles. The van der Waals surface area contributed by atoms with Crippen molar-refractivity contribution in [2.45, 2.75) is 39.0 Å². The fraction of sp³-hybridized carbons (Fsp3) is 0.800. The molecule has 6 nitrogen and oxygen atoms in total. The van der Waals surface area contributed by atoms with Gasteiger partial charge < -0.3 is 15.3 Å². The van der Waals surface area contributed by atoms with Crippen LogP contribution in [0.3, 0.4) is 0 Å². The molecule has 2 N–H and O–H groups in total. The number of carboxylic acid groups (broad SMARTS) is 1. The molecule has 2 amide bonds. The average molecular weight is 296 g/mol. The van der Waals surface area contributed by atoms with E-state index in [9.17, 15) is 14.4 Å². The van der Waals surface area contributed by atoms with Crippen LogP contribution in [0.5, 0.6) is 0 Å². The monoisotopic (exact) mass is 296 g/mol. The van der Waals surface area contributed by atoms with Gasteiger partial charge in [-0.25, -0.2) is 0 Å². The molecule has 21 heavy (non-hydrogen) atoms. The van der Waals surface area contributed by atoms with E-state index in [1.165, 1.54) is 0 Å². The van der Waals surface area contributed by atoms with E-state index in [0.29, 0.717) is 32.5 Å². The summed E-state index contributed by atoms with van der Waals surface area (Å²) in [5.74, 6) is -0.473. The Morgan fingerprint density at radius 1 is 1.14 bits per heavy atom. The molecule has 0 radical (unpaired) electrons. The van der Waals surface area contributed by atoms with Crippen molar-refractivity contribution in [1.82, 2.24) is 10.2 Å². The van der Waals surface area contributed by atoms with Crippen LogP contribution in [0.25, 0.3) is 0 Å². The Morgan fingerprint density at radius 2 is 1.76 bits per heavy atom. The van der Waals surface area contributed by atoms with Gasteiger partial charge in [-0.15, -0.1) is 0 Å². The maximum atomic E-state index is 12.0. The molecule has 2 rings (SSSR count). The molecular weight excluding hydrogens is 272 g/mol. The number of nitrogens with zero attached hydrogens (tertiary/aromatic N) is 1. The third kappa shape index (κ3) is 4.72. The van der Waals surface area contributed by atoms with E-state index in [4.69, 9.17) is 5.11 Å². The Labute approximate surface area is 124 Å². The molecule has 1 aliphatic carbocycles. The van der Waals surface area contributed by atoms with Crippen LogP contribution in [0, 0.1) is 17.8 Å². The molecule has 2 aliphatic rings. The van der Waals surface area contributed by atoms with Crippen molar-refractivity contribution in [2.24, 2.45) is 17.8 Å². The molecular formula is C15H24N2O4. The molecule has 1 atom stereocenters. The summed E-state index contributed by atoms with van der Waals surface area (Å²) < 4.78 is 0. The summed E-state index contributed by atoms with van der Waals surface area (Å²) in [6.07, 6.45) is 3.51. The van der Waals surface area contributed by atoms with Crippen LogP contribution in [0.4, 0.5) is 0 Å². The van der Waals surface area contributed by atoms with E-state index >= 15 is 0 Å². The molecule has 1 aliphatic heterocycles. The topological polar surface area (TPSA) is 86.7 Å². The number of carbonyl (C=O) groups is 3. The minimum absolute atomic E-state index is 0.00856. The number of amides is 2. The molecule has 0 aromatic rings. The van der Waals surface area contributed by atoms with Gasteiger partial charge in [0.1, 0.15) is 0 Å². The van der Waals surface area contributed by atoms with E-state index in [1.54, 1.807) is 0 Å². The molecule has 1 saturated carbocycles. The van der Waals surface area contributed by atoms with Gasteiger partial charge in [-0.3, -0.25) is 14.4 Å². The molecule has 0 aromatic heterocycles. The first-order valence-electron chi connectivity index (χ1n) is 7.75. The van der Waals surface area contributed by atoms with Gasteiger partial charge in [-0.1, -0.05) is 6.92 Å². The van der Waals surface area contributed by atoms with Crippen LogP contribution in [-0.4, -0.2) is 47.4 Å². The second-order valence-electron chi connectivity index (χ2n) is 6.32. The number of hydrogen-bond donors (Lipinski definition) is 2. The fourth-order valence-electron chi connectivity index (χ4n) is 2.74. The summed E-state index contributed by atoms with van der Waals surface area (Å²) in [5, 5.41) is 11.5. The van der Waals surface area contributed by atoms with Gasteiger partial charge in [0.05, 0.1) is 0 Å². The van der Waals surface area contributed by atoms with Gasteiger partial charge in [0.2, 0.25) is 11.8 Å². The Hall–Kier alpha value is -1.59. The van der Waals surface area contributed by atoms with Crippen molar-refractivity contribution >= 4 is 17.8 Å². The lowest BCUT2D eigenvalue weighted by Crippen LogP contribution is -2.44. The molecule has 1 unspecified atom stereocenters. The smallest absolute Gasteiger partial charge is 0.303 e. The van der Waals surface area contributed by atoms with Crippen LogP contribution in [0.1, 0.15) is 39.0 Å². The summed E-state index contributed by atoms with van der Waals surface area (Å²) in [4.78, 5) is 36.4. The molecule has 2 fully saturated rings. The van der Waals surface area contributed by atoms with Crippen molar-refractivity contribution in [1.29, 1.82) is 0 Å². The molecule has 0 bridgehead atoms. The van der Waals surface area contributed by atoms with Crippen molar-refractivity contribution in [3.8, 4) is 0 Å². The summed E-state index contributed by atoms with van der Waals surface area (Å²) in [5.41, 5.74) is 0. The van der Waals surface area contributed by atoms with E-state index < -0.39 is 5.97 Å². The average Bonchev–Trinajstić information content (AvgIpc) is 3.28. The summed E-state index contributed by atoms with van der Waals surface area (Å²) in [6.45, 7) is 3.54. The molecule has 0 aromatic carbocycles. The fourth-order valence-corrected chi connectivity index (χ4v) is 2.74. The van der Waals surface area contributed by atoms with E-state index in [-0.39, 0.29) is 36.0 Å². The maximum Gasteiger partial charge on any atom is 0.303 e. The molecule has 118 valence electrons. The normalized spacial score (nSPS) is 20.9. The third-order valence-electron chi connectivity index (χ3n) is 4.25. The second-order valence-corrected chi connectivity index (χ2v) is 6.32. The van der Waals surface area contributed by atoms with Crippen LogP contribution >= 0.6 is 0 Å². The number of rotatable bonds is 6. The Kier molecular flexibility index (Phi) is 5.20. The predicted octanol–water partition coefficient (Wildman–Crippen LogP) is 0.862. The standard InChI is InChI=1S/C15H24N2O4/c1-10(8-13(18)19)9-16-14(20)11-4-6-17(7-5-11)15(21)12-2-3-12/h10-12H,2-9H2,1H3,(H,16,20)(H,18,19). The van der Waals surface area contributed by atoms with E-state index in [0.717, 1.165) is 12.8 Å². The summed E-state index contributed by atoms with van der Waals surface area (Å²) in [6, 6.07) is 0. The number of likely N-dealkylation sites (tertiary alicyclic amines) is 1. The van der Waals surface area contributed by atoms with Crippen molar-refractivity contribution in [2.75, 3.05) is 19.6 Å². The number of carbonyl (C=O) groups excluding carboxylic acids is 2. The van der Waals surface area contributed by atoms with Crippen LogP contribution in [-0.2, 0) is 14.4 Å². The SMILES string of the molecule is CC(CNC(=O)C1CCN(C(=O)C2CC2)CC1)CC(=O)O. The number of aliphatic carboxylic acids is 1. The maximum absolute atomic E-state index is 12.0. The lowest BCUT2D eigenvalue weighted by atomic mass is 9.95. The van der Waals surface area contributed by atoms with Gasteiger partial charge >= 0.3 is 5.97 Å². The van der Waals surface area contributed by atoms with Crippen LogP contribution in [0.15, 0.2) is 0 Å². The van der Waals surface area contributed by atoms with Gasteiger partial charge in [0.15, 0.2) is 0 Å². The lowest BCUT2D eigenvalue weighted by molar-refractivity contribution is -0.138. The Balaban J connectivity index is 1.67. The van der Waals surface area contributed by atoms with Crippen molar-refractivity contribution in [3.63, 3.8) is 0 Å². The number of piperidine rings is 1. The van der Waals surface area contributed by atoms with Crippen LogP contribution < -0.4 is 5.32 Å². The van der Waals surface area contributed by atoms with E-state index in [1.807, 2.05) is 11.8 Å². The van der Waals surface area contributed by atoms with Crippen molar-refractivity contribution < 1.29 is 19.5 Å². The van der Waals surface area contributed by atoms with Crippen LogP contribution in [0.2, 0.25) is 0 Å². The largest absolute Gasteiger partial charge is 0.481 e. The number of nitrogens with one attached hydrogen (secondary N) is 1. The van der Waals surface area contributed by atoms with Gasteiger partial charge in [-0.2, -0.15) is 0 Å². The first-order valence-corrected chi connectivity index (χ1v) is 7.75. The molecule has 6 heteroatoms. The highest BCUT2D eigenvalue weighted by Gasteiger charge is 2.35. The van der Waals surface area contributed by atoms with E-state index in [2.05, 4.69) is 5.32 Å². The van der Waals surface area contributed by atoms with Crippen molar-refractivity contribution in [3.05, 3.63) is 0 Å². The zero-order valence-electron chi connectivity index (χ0n) is 12.5. The van der Waals surface area contributed by atoms with Gasteiger partial charge in [0.25, 0.3) is 0 Å². The second kappa shape index (κ2) is 6.91. The highest BCUT2D eigenvalue weighted by atomic mass is 16.4. The zero-order valence-corrected chi connectivity index (χ0v) is 12.5. The molecule has 1 saturated heterocycles. The molecule has 0 spiro atoms. The third-order valence-corrected chi connectivity index (χ3v) is 4.25. The highest BCUT2D eigenvalue weighted by Crippen LogP contribution is 2.32. The zero-order chi connectivity index (χ0) is 15.4. The lowest BCUT2D eigenvalue weighted by Gasteiger charge is -2.31. The highest BCUT2D eigenvalue weighted by molar-refractivity contribution is 5.82. The Bertz CT molecular complexity index is 412. The van der Waals surface area contributed by atoms with Gasteiger partial charge in [0, 0.05) is 37.9 Å². The number of carboxylic acids is 1. The Morgan fingerprint density at radius 3 is 2.29 bits per heavy atom. The minimum atomic E-state index is -0.844. The number of hydrogen-bond acceptors (Lipinski definition) is 3.